The van der Waals surface area contributed by atoms with Crippen LogP contribution < -0.4 is 5.32 Å². The van der Waals surface area contributed by atoms with Gasteiger partial charge in [0.1, 0.15) is 0 Å². The molecule has 2 rings (SSSR count). The molecule has 0 aromatic heterocycles. The molecule has 4 heteroatoms. The molecule has 1 amide bonds. The average Bonchev–Trinajstić information content (AvgIpc) is 3.09. The monoisotopic (exact) mass is 226 g/mol. The molecule has 92 valence electrons. The summed E-state index contributed by atoms with van der Waals surface area (Å²) in [5.41, 5.74) is 0. The molecule has 2 N–H and O–H groups in total. The first-order valence-electron chi connectivity index (χ1n) is 6.38. The molecule has 1 aliphatic heterocycles. The van der Waals surface area contributed by atoms with Gasteiger partial charge < -0.3 is 15.3 Å². The van der Waals surface area contributed by atoms with Crippen LogP contribution in [0.3, 0.4) is 0 Å². The third-order valence-electron chi connectivity index (χ3n) is 3.65. The van der Waals surface area contributed by atoms with Crippen LogP contribution in [0.4, 0.5) is 0 Å². The molecule has 0 aromatic carbocycles. The van der Waals surface area contributed by atoms with E-state index in [1.165, 1.54) is 0 Å². The summed E-state index contributed by atoms with van der Waals surface area (Å²) in [6, 6.07) is 0.372. The fourth-order valence-electron chi connectivity index (χ4n) is 2.53. The van der Waals surface area contributed by atoms with Gasteiger partial charge in [0.25, 0.3) is 0 Å². The lowest BCUT2D eigenvalue weighted by molar-refractivity contribution is -0.136. The van der Waals surface area contributed by atoms with Crippen molar-refractivity contribution >= 4 is 5.91 Å². The van der Waals surface area contributed by atoms with E-state index in [1.54, 1.807) is 0 Å². The Labute approximate surface area is 97.0 Å². The Balaban J connectivity index is 1.97. The number of rotatable bonds is 4. The first-order chi connectivity index (χ1) is 7.74. The van der Waals surface area contributed by atoms with Crippen molar-refractivity contribution in [2.24, 2.45) is 5.92 Å². The molecular weight excluding hydrogens is 204 g/mol. The lowest BCUT2D eigenvalue weighted by atomic mass is 9.92. The van der Waals surface area contributed by atoms with Crippen LogP contribution in [-0.2, 0) is 4.79 Å². The molecule has 2 atom stereocenters. The number of carbonyl (C=O) groups excluding carboxylic acids is 1. The highest BCUT2D eigenvalue weighted by molar-refractivity contribution is 5.83. The molecule has 2 aliphatic rings. The van der Waals surface area contributed by atoms with Crippen LogP contribution in [0, 0.1) is 5.92 Å². The molecule has 2 unspecified atom stereocenters. The lowest BCUT2D eigenvalue weighted by Crippen LogP contribution is -2.53. The summed E-state index contributed by atoms with van der Waals surface area (Å²) in [5, 5.41) is 12.3. The molecule has 1 aliphatic carbocycles. The fourth-order valence-corrected chi connectivity index (χ4v) is 2.53. The van der Waals surface area contributed by atoms with Crippen molar-refractivity contribution < 1.29 is 9.90 Å². The van der Waals surface area contributed by atoms with E-state index >= 15 is 0 Å². The Kier molecular flexibility index (Phi) is 3.82. The zero-order chi connectivity index (χ0) is 11.5. The molecule has 1 saturated carbocycles. The first-order valence-corrected chi connectivity index (χ1v) is 6.38. The third-order valence-corrected chi connectivity index (χ3v) is 3.65. The molecule has 0 bridgehead atoms. The Morgan fingerprint density at radius 1 is 1.44 bits per heavy atom. The highest BCUT2D eigenvalue weighted by Gasteiger charge is 2.37. The minimum Gasteiger partial charge on any atom is -0.395 e. The molecule has 16 heavy (non-hydrogen) atoms. The van der Waals surface area contributed by atoms with E-state index in [4.69, 9.17) is 5.11 Å². The molecule has 0 spiro atoms. The molecular formula is C12H22N2O2. The number of carbonyl (C=O) groups is 1. The predicted octanol–water partition coefficient (Wildman–Crippen LogP) is 0.358. The zero-order valence-electron chi connectivity index (χ0n) is 9.98. The second-order valence-corrected chi connectivity index (χ2v) is 5.04. The van der Waals surface area contributed by atoms with Crippen molar-refractivity contribution in [1.82, 2.24) is 10.2 Å². The molecule has 1 heterocycles. The van der Waals surface area contributed by atoms with E-state index in [-0.39, 0.29) is 18.6 Å². The summed E-state index contributed by atoms with van der Waals surface area (Å²) in [5.74, 6) is 0.616. The summed E-state index contributed by atoms with van der Waals surface area (Å²) in [6.07, 6.45) is 4.50. The van der Waals surface area contributed by atoms with Gasteiger partial charge in [0, 0.05) is 12.6 Å². The van der Waals surface area contributed by atoms with Gasteiger partial charge in [-0.2, -0.15) is 0 Å². The SMILES string of the molecule is CC1CCCNC1C(=O)N(CCO)C1CC1. The minimum atomic E-state index is -0.0269. The Morgan fingerprint density at radius 3 is 2.75 bits per heavy atom. The van der Waals surface area contributed by atoms with Crippen LogP contribution in [0.5, 0.6) is 0 Å². The van der Waals surface area contributed by atoms with Crippen molar-refractivity contribution in [3.05, 3.63) is 0 Å². The number of nitrogens with one attached hydrogen (secondary N) is 1. The number of aliphatic hydroxyl groups excluding tert-OH is 1. The number of piperidine rings is 1. The molecule has 0 aromatic rings. The molecule has 0 radical (unpaired) electrons. The number of aliphatic hydroxyl groups is 1. The van der Waals surface area contributed by atoms with Crippen molar-refractivity contribution in [2.75, 3.05) is 19.7 Å². The second kappa shape index (κ2) is 5.15. The van der Waals surface area contributed by atoms with Crippen molar-refractivity contribution in [3.8, 4) is 0 Å². The van der Waals surface area contributed by atoms with Gasteiger partial charge >= 0.3 is 0 Å². The molecule has 1 saturated heterocycles. The number of amides is 1. The van der Waals surface area contributed by atoms with Gasteiger partial charge in [-0.05, 0) is 38.1 Å². The predicted molar refractivity (Wildman–Crippen MR) is 62.0 cm³/mol. The van der Waals surface area contributed by atoms with Gasteiger partial charge in [-0.1, -0.05) is 6.92 Å². The van der Waals surface area contributed by atoms with E-state index in [9.17, 15) is 4.79 Å². The molecule has 2 fully saturated rings. The van der Waals surface area contributed by atoms with E-state index < -0.39 is 0 Å². The summed E-state index contributed by atoms with van der Waals surface area (Å²) < 4.78 is 0. The summed E-state index contributed by atoms with van der Waals surface area (Å²) in [7, 11) is 0. The largest absolute Gasteiger partial charge is 0.395 e. The summed E-state index contributed by atoms with van der Waals surface area (Å²) >= 11 is 0. The highest BCUT2D eigenvalue weighted by Crippen LogP contribution is 2.28. The van der Waals surface area contributed by atoms with Crippen molar-refractivity contribution in [2.45, 2.75) is 44.7 Å². The van der Waals surface area contributed by atoms with E-state index in [2.05, 4.69) is 12.2 Å². The third kappa shape index (κ3) is 2.55. The average molecular weight is 226 g/mol. The van der Waals surface area contributed by atoms with E-state index in [1.807, 2.05) is 4.90 Å². The van der Waals surface area contributed by atoms with Gasteiger partial charge in [-0.3, -0.25) is 4.79 Å². The van der Waals surface area contributed by atoms with Crippen LogP contribution in [-0.4, -0.2) is 47.7 Å². The molecule has 4 nitrogen and oxygen atoms in total. The number of hydrogen-bond donors (Lipinski definition) is 2. The quantitative estimate of drug-likeness (QED) is 0.727. The maximum absolute atomic E-state index is 12.3. The van der Waals surface area contributed by atoms with Gasteiger partial charge in [0.05, 0.1) is 12.6 Å². The van der Waals surface area contributed by atoms with E-state index in [0.717, 1.165) is 32.2 Å². The zero-order valence-corrected chi connectivity index (χ0v) is 9.98. The van der Waals surface area contributed by atoms with Gasteiger partial charge in [0.2, 0.25) is 5.91 Å². The van der Waals surface area contributed by atoms with Gasteiger partial charge in [-0.25, -0.2) is 0 Å². The number of nitrogens with zero attached hydrogens (tertiary/aromatic N) is 1. The maximum atomic E-state index is 12.3. The van der Waals surface area contributed by atoms with Crippen LogP contribution in [0.25, 0.3) is 0 Å². The van der Waals surface area contributed by atoms with Crippen LogP contribution in [0.2, 0.25) is 0 Å². The standard InChI is InChI=1S/C12H22N2O2/c1-9-3-2-6-13-11(9)12(16)14(7-8-15)10-4-5-10/h9-11,13,15H,2-8H2,1H3. The normalized spacial score (nSPS) is 30.1. The Morgan fingerprint density at radius 2 is 2.19 bits per heavy atom. The topological polar surface area (TPSA) is 52.6 Å². The minimum absolute atomic E-state index is 0.0269. The maximum Gasteiger partial charge on any atom is 0.240 e. The Hall–Kier alpha value is -0.610. The van der Waals surface area contributed by atoms with Gasteiger partial charge in [-0.15, -0.1) is 0 Å². The summed E-state index contributed by atoms with van der Waals surface area (Å²) in [4.78, 5) is 14.2. The van der Waals surface area contributed by atoms with Crippen LogP contribution in [0.15, 0.2) is 0 Å². The lowest BCUT2D eigenvalue weighted by Gasteiger charge is -2.33. The van der Waals surface area contributed by atoms with E-state index in [0.29, 0.717) is 18.5 Å². The van der Waals surface area contributed by atoms with Gasteiger partial charge in [0.15, 0.2) is 0 Å². The van der Waals surface area contributed by atoms with Crippen LogP contribution >= 0.6 is 0 Å². The second-order valence-electron chi connectivity index (χ2n) is 5.04. The van der Waals surface area contributed by atoms with Crippen molar-refractivity contribution in [1.29, 1.82) is 0 Å². The summed E-state index contributed by atoms with van der Waals surface area (Å²) in [6.45, 7) is 3.65. The first kappa shape index (κ1) is 11.9. The smallest absolute Gasteiger partial charge is 0.240 e. The fraction of sp³-hybridized carbons (Fsp3) is 0.917. The Bertz CT molecular complexity index is 247. The number of hydrogen-bond acceptors (Lipinski definition) is 3. The highest BCUT2D eigenvalue weighted by atomic mass is 16.3. The van der Waals surface area contributed by atoms with Crippen LogP contribution in [0.1, 0.15) is 32.6 Å². The van der Waals surface area contributed by atoms with Crippen molar-refractivity contribution in [3.63, 3.8) is 0 Å².